The largest absolute Gasteiger partial charge is 0.451 e. The van der Waals surface area contributed by atoms with E-state index in [0.717, 1.165) is 6.42 Å². The fraction of sp³-hybridized carbons (Fsp3) is 0.500. The van der Waals surface area contributed by atoms with Crippen molar-refractivity contribution in [3.8, 4) is 0 Å². The lowest BCUT2D eigenvalue weighted by Gasteiger charge is -2.10. The highest BCUT2D eigenvalue weighted by atomic mass is 16.7. The number of fused-ring (bicyclic) bond motifs is 3. The van der Waals surface area contributed by atoms with E-state index in [-0.39, 0.29) is 12.1 Å². The molecule has 3 rings (SSSR count). The monoisotopic (exact) mass is 233 g/mol. The molecule has 0 spiro atoms. The summed E-state index contributed by atoms with van der Waals surface area (Å²) in [5, 5.41) is 0. The van der Waals surface area contributed by atoms with Crippen molar-refractivity contribution in [1.82, 2.24) is 0 Å². The molecular formula is C14H19NO2. The van der Waals surface area contributed by atoms with Gasteiger partial charge in [-0.25, -0.2) is 4.99 Å². The summed E-state index contributed by atoms with van der Waals surface area (Å²) in [4.78, 5) is 4.43. The first-order valence-corrected chi connectivity index (χ1v) is 6.33. The first-order valence-electron chi connectivity index (χ1n) is 6.33. The Balaban J connectivity index is 0.000000514. The van der Waals surface area contributed by atoms with Crippen LogP contribution in [0.15, 0.2) is 29.3 Å². The molecule has 2 atom stereocenters. The number of rotatable bonds is 1. The van der Waals surface area contributed by atoms with E-state index in [1.54, 1.807) is 0 Å². The Kier molecular flexibility index (Phi) is 3.67. The molecule has 1 aliphatic carbocycles. The molecule has 92 valence electrons. The van der Waals surface area contributed by atoms with Gasteiger partial charge in [-0.2, -0.15) is 0 Å². The minimum Gasteiger partial charge on any atom is -0.451 e. The van der Waals surface area contributed by atoms with Crippen LogP contribution in [0, 0.1) is 0 Å². The van der Waals surface area contributed by atoms with Crippen molar-refractivity contribution in [3.05, 3.63) is 35.4 Å². The maximum absolute atomic E-state index is 5.68. The van der Waals surface area contributed by atoms with Crippen LogP contribution in [0.1, 0.15) is 38.0 Å². The van der Waals surface area contributed by atoms with E-state index < -0.39 is 0 Å². The molecular weight excluding hydrogens is 214 g/mol. The first-order chi connectivity index (χ1) is 8.38. The smallest absolute Gasteiger partial charge is 0.384 e. The van der Waals surface area contributed by atoms with Gasteiger partial charge < -0.3 is 9.47 Å². The molecule has 1 aromatic rings. The Morgan fingerprint density at radius 3 is 2.88 bits per heavy atom. The predicted molar refractivity (Wildman–Crippen MR) is 68.2 cm³/mol. The maximum Gasteiger partial charge on any atom is 0.384 e. The summed E-state index contributed by atoms with van der Waals surface area (Å²) in [6, 6.07) is 8.59. The van der Waals surface area contributed by atoms with Crippen LogP contribution in [-0.2, 0) is 15.9 Å². The molecule has 1 heterocycles. The zero-order valence-corrected chi connectivity index (χ0v) is 10.6. The van der Waals surface area contributed by atoms with Crippen molar-refractivity contribution < 1.29 is 9.47 Å². The van der Waals surface area contributed by atoms with Gasteiger partial charge in [-0.15, -0.1) is 0 Å². The van der Waals surface area contributed by atoms with E-state index in [4.69, 9.17) is 9.47 Å². The zero-order valence-electron chi connectivity index (χ0n) is 10.6. The van der Waals surface area contributed by atoms with Crippen molar-refractivity contribution in [3.63, 3.8) is 0 Å². The standard InChI is InChI=1S/C12H13NO2.C2H6/c1-2-14-12-13-10-7-8-5-3-4-6-9(8)11(10)15-12;1-2/h3-6,10-11H,2,7H2,1H3;1-2H3/t10-,11+;/m1./s1. The van der Waals surface area contributed by atoms with Gasteiger partial charge >= 0.3 is 6.08 Å². The molecule has 0 radical (unpaired) electrons. The third kappa shape index (κ3) is 2.14. The van der Waals surface area contributed by atoms with Crippen molar-refractivity contribution >= 4 is 6.08 Å². The van der Waals surface area contributed by atoms with Crippen molar-refractivity contribution in [1.29, 1.82) is 0 Å². The second-order valence-electron chi connectivity index (χ2n) is 3.84. The molecule has 0 N–H and O–H groups in total. The van der Waals surface area contributed by atoms with Crippen molar-refractivity contribution in [2.45, 2.75) is 39.3 Å². The molecule has 0 unspecified atom stereocenters. The second-order valence-corrected chi connectivity index (χ2v) is 3.84. The Morgan fingerprint density at radius 1 is 1.35 bits per heavy atom. The molecule has 0 aromatic heterocycles. The molecule has 17 heavy (non-hydrogen) atoms. The fourth-order valence-electron chi connectivity index (χ4n) is 2.26. The molecule has 1 aromatic carbocycles. The van der Waals surface area contributed by atoms with E-state index in [1.165, 1.54) is 11.1 Å². The summed E-state index contributed by atoms with van der Waals surface area (Å²) < 4.78 is 11.0. The molecule has 0 amide bonds. The topological polar surface area (TPSA) is 30.8 Å². The van der Waals surface area contributed by atoms with Gasteiger partial charge in [-0.05, 0) is 24.5 Å². The first kappa shape index (κ1) is 12.0. The highest BCUT2D eigenvalue weighted by Gasteiger charge is 2.39. The van der Waals surface area contributed by atoms with Gasteiger partial charge in [-0.1, -0.05) is 38.1 Å². The van der Waals surface area contributed by atoms with Gasteiger partial charge in [0.2, 0.25) is 0 Å². The minimum atomic E-state index is 0.0859. The van der Waals surface area contributed by atoms with Gasteiger partial charge in [0.05, 0.1) is 6.61 Å². The van der Waals surface area contributed by atoms with Gasteiger partial charge in [0.1, 0.15) is 6.04 Å². The van der Waals surface area contributed by atoms with Gasteiger partial charge in [-0.3, -0.25) is 0 Å². The SMILES string of the molecule is CC.CCOC1=N[C@@H]2Cc3ccccc3[C@@H]2O1. The Bertz CT molecular complexity index is 414. The maximum atomic E-state index is 5.68. The van der Waals surface area contributed by atoms with Crippen LogP contribution in [0.4, 0.5) is 0 Å². The lowest BCUT2D eigenvalue weighted by atomic mass is 10.1. The summed E-state index contributed by atoms with van der Waals surface area (Å²) in [5.74, 6) is 0. The molecule has 1 aliphatic heterocycles. The molecule has 3 heteroatoms. The van der Waals surface area contributed by atoms with Crippen LogP contribution in [0.25, 0.3) is 0 Å². The average molecular weight is 233 g/mol. The van der Waals surface area contributed by atoms with Crippen molar-refractivity contribution in [2.75, 3.05) is 6.61 Å². The van der Waals surface area contributed by atoms with Crippen LogP contribution in [0.2, 0.25) is 0 Å². The van der Waals surface area contributed by atoms with Crippen molar-refractivity contribution in [2.24, 2.45) is 4.99 Å². The summed E-state index contributed by atoms with van der Waals surface area (Å²) in [6.45, 7) is 6.55. The minimum absolute atomic E-state index is 0.0859. The van der Waals surface area contributed by atoms with E-state index in [1.807, 2.05) is 26.8 Å². The van der Waals surface area contributed by atoms with Crippen LogP contribution in [0.5, 0.6) is 0 Å². The van der Waals surface area contributed by atoms with Gasteiger partial charge in [0.25, 0.3) is 0 Å². The Labute approximate surface area is 102 Å². The molecule has 3 nitrogen and oxygen atoms in total. The molecule has 0 bridgehead atoms. The summed E-state index contributed by atoms with van der Waals surface area (Å²) in [7, 11) is 0. The number of aliphatic imine (C=N–C) groups is 1. The molecule has 0 saturated carbocycles. The van der Waals surface area contributed by atoms with Crippen LogP contribution in [0.3, 0.4) is 0 Å². The fourth-order valence-corrected chi connectivity index (χ4v) is 2.26. The Morgan fingerprint density at radius 2 is 2.12 bits per heavy atom. The number of nitrogens with zero attached hydrogens (tertiary/aromatic N) is 1. The van der Waals surface area contributed by atoms with E-state index >= 15 is 0 Å². The lowest BCUT2D eigenvalue weighted by Crippen LogP contribution is -2.09. The van der Waals surface area contributed by atoms with Crippen LogP contribution in [-0.4, -0.2) is 18.7 Å². The number of ether oxygens (including phenoxy) is 2. The van der Waals surface area contributed by atoms with E-state index in [9.17, 15) is 0 Å². The normalized spacial score (nSPS) is 23.8. The molecule has 0 saturated heterocycles. The number of hydrogen-bond donors (Lipinski definition) is 0. The van der Waals surface area contributed by atoms with E-state index in [0.29, 0.717) is 12.7 Å². The summed E-state index contributed by atoms with van der Waals surface area (Å²) in [6.07, 6.45) is 1.52. The zero-order chi connectivity index (χ0) is 12.3. The third-order valence-corrected chi connectivity index (χ3v) is 2.91. The summed E-state index contributed by atoms with van der Waals surface area (Å²) in [5.41, 5.74) is 2.62. The highest BCUT2D eigenvalue weighted by molar-refractivity contribution is 5.70. The quantitative estimate of drug-likeness (QED) is 0.746. The predicted octanol–water partition coefficient (Wildman–Crippen LogP) is 3.10. The lowest BCUT2D eigenvalue weighted by molar-refractivity contribution is 0.135. The average Bonchev–Trinajstić information content (AvgIpc) is 2.89. The third-order valence-electron chi connectivity index (χ3n) is 2.91. The van der Waals surface area contributed by atoms with E-state index in [2.05, 4.69) is 23.2 Å². The van der Waals surface area contributed by atoms with Gasteiger partial charge in [0.15, 0.2) is 6.10 Å². The number of benzene rings is 1. The number of hydrogen-bond acceptors (Lipinski definition) is 3. The van der Waals surface area contributed by atoms with Gasteiger partial charge in [0, 0.05) is 0 Å². The molecule has 0 fully saturated rings. The summed E-state index contributed by atoms with van der Waals surface area (Å²) >= 11 is 0. The Hall–Kier alpha value is -1.51. The van der Waals surface area contributed by atoms with Crippen LogP contribution >= 0.6 is 0 Å². The molecule has 2 aliphatic rings. The highest BCUT2D eigenvalue weighted by Crippen LogP contribution is 2.39. The van der Waals surface area contributed by atoms with Crippen LogP contribution < -0.4 is 0 Å². The second kappa shape index (κ2) is 5.21.